The molecule has 0 bridgehead atoms. The highest BCUT2D eigenvalue weighted by Crippen LogP contribution is 2.37. The Morgan fingerprint density at radius 2 is 2.13 bits per heavy atom. The second kappa shape index (κ2) is 3.76. The number of rotatable bonds is 1. The van der Waals surface area contributed by atoms with E-state index in [0.717, 1.165) is 6.54 Å². The fourth-order valence-electron chi connectivity index (χ4n) is 2.34. The largest absolute Gasteiger partial charge is 0.508 e. The van der Waals surface area contributed by atoms with Gasteiger partial charge in [0.1, 0.15) is 5.75 Å². The molecule has 2 rings (SSSR count). The third-order valence-electron chi connectivity index (χ3n) is 3.28. The van der Waals surface area contributed by atoms with Crippen LogP contribution in [0.4, 0.5) is 5.69 Å². The lowest BCUT2D eigenvalue weighted by atomic mass is 9.91. The number of aromatic hydroxyl groups is 1. The summed E-state index contributed by atoms with van der Waals surface area (Å²) in [4.78, 5) is 2.37. The smallest absolute Gasteiger partial charge is 0.117 e. The molecule has 0 saturated carbocycles. The quantitative estimate of drug-likeness (QED) is 0.761. The molecule has 0 fully saturated rings. The highest BCUT2D eigenvalue weighted by Gasteiger charge is 2.23. The molecule has 2 nitrogen and oxygen atoms in total. The molecule has 0 aliphatic carbocycles. The van der Waals surface area contributed by atoms with Crippen molar-refractivity contribution in [2.24, 2.45) is 0 Å². The summed E-state index contributed by atoms with van der Waals surface area (Å²) in [6.45, 7) is 7.75. The number of phenols is 1. The van der Waals surface area contributed by atoms with Gasteiger partial charge in [-0.25, -0.2) is 0 Å². The normalized spacial score (nSPS) is 20.5. The van der Waals surface area contributed by atoms with Gasteiger partial charge in [-0.3, -0.25) is 0 Å². The zero-order chi connectivity index (χ0) is 11.0. The number of hydrogen-bond donors (Lipinski definition) is 1. The third-order valence-corrected chi connectivity index (χ3v) is 3.28. The maximum absolute atomic E-state index is 9.55. The second-order valence-electron chi connectivity index (χ2n) is 4.72. The molecule has 2 heteroatoms. The lowest BCUT2D eigenvalue weighted by Crippen LogP contribution is -2.36. The molecule has 1 aromatic rings. The predicted molar refractivity (Wildman–Crippen MR) is 63.6 cm³/mol. The molecule has 1 heterocycles. The van der Waals surface area contributed by atoms with Crippen molar-refractivity contribution >= 4 is 5.69 Å². The first-order valence-corrected chi connectivity index (χ1v) is 5.69. The molecule has 0 amide bonds. The van der Waals surface area contributed by atoms with Gasteiger partial charge in [0, 0.05) is 24.3 Å². The monoisotopic (exact) mass is 205 g/mol. The molecule has 1 aromatic carbocycles. The molecule has 1 unspecified atom stereocenters. The van der Waals surface area contributed by atoms with Crippen molar-refractivity contribution in [3.8, 4) is 5.75 Å². The summed E-state index contributed by atoms with van der Waals surface area (Å²) in [6.07, 6.45) is 1.20. The molecule has 1 atom stereocenters. The average molecular weight is 205 g/mol. The van der Waals surface area contributed by atoms with E-state index in [9.17, 15) is 5.11 Å². The van der Waals surface area contributed by atoms with E-state index < -0.39 is 0 Å². The Hall–Kier alpha value is -1.18. The Kier molecular flexibility index (Phi) is 2.59. The van der Waals surface area contributed by atoms with E-state index in [1.807, 2.05) is 6.07 Å². The maximum Gasteiger partial charge on any atom is 0.117 e. The Labute approximate surface area is 91.5 Å². The van der Waals surface area contributed by atoms with Gasteiger partial charge in [0.25, 0.3) is 0 Å². The van der Waals surface area contributed by atoms with Crippen molar-refractivity contribution in [2.75, 3.05) is 11.4 Å². The van der Waals surface area contributed by atoms with Crippen molar-refractivity contribution in [1.82, 2.24) is 0 Å². The summed E-state index contributed by atoms with van der Waals surface area (Å²) in [5, 5.41) is 9.55. The summed E-state index contributed by atoms with van der Waals surface area (Å²) < 4.78 is 0. The van der Waals surface area contributed by atoms with Crippen LogP contribution in [0.25, 0.3) is 0 Å². The minimum Gasteiger partial charge on any atom is -0.508 e. The van der Waals surface area contributed by atoms with E-state index in [0.29, 0.717) is 17.7 Å². The molecular formula is C13H19NO. The minimum atomic E-state index is 0.369. The number of phenolic OH excluding ortho intramolecular Hbond substituents is 1. The third kappa shape index (κ3) is 1.81. The number of nitrogens with zero attached hydrogens (tertiary/aromatic N) is 1. The number of fused-ring (bicyclic) bond motifs is 1. The molecule has 15 heavy (non-hydrogen) atoms. The second-order valence-corrected chi connectivity index (χ2v) is 4.72. The van der Waals surface area contributed by atoms with Crippen LogP contribution < -0.4 is 4.90 Å². The van der Waals surface area contributed by atoms with E-state index in [4.69, 9.17) is 0 Å². The standard InChI is InChI=1S/C13H19NO/c1-9(2)14-7-6-10(3)12-5-4-11(15)8-13(12)14/h4-5,8-10,15H,6-7H2,1-3H3. The van der Waals surface area contributed by atoms with E-state index in [-0.39, 0.29) is 0 Å². The molecule has 0 aromatic heterocycles. The van der Waals surface area contributed by atoms with Gasteiger partial charge in [0.05, 0.1) is 0 Å². The summed E-state index contributed by atoms with van der Waals surface area (Å²) in [5.74, 6) is 0.976. The zero-order valence-electron chi connectivity index (χ0n) is 9.70. The summed E-state index contributed by atoms with van der Waals surface area (Å²) in [7, 11) is 0. The van der Waals surface area contributed by atoms with Crippen LogP contribution in [0.5, 0.6) is 5.75 Å². The van der Waals surface area contributed by atoms with Crippen LogP contribution in [0.1, 0.15) is 38.7 Å². The van der Waals surface area contributed by atoms with Gasteiger partial charge in [0.15, 0.2) is 0 Å². The Morgan fingerprint density at radius 3 is 2.80 bits per heavy atom. The predicted octanol–water partition coefficient (Wildman–Crippen LogP) is 3.11. The minimum absolute atomic E-state index is 0.369. The highest BCUT2D eigenvalue weighted by molar-refractivity contribution is 5.60. The van der Waals surface area contributed by atoms with Gasteiger partial charge in [-0.2, -0.15) is 0 Å². The van der Waals surface area contributed by atoms with Gasteiger partial charge in [-0.1, -0.05) is 13.0 Å². The van der Waals surface area contributed by atoms with Crippen molar-refractivity contribution < 1.29 is 5.11 Å². The first-order chi connectivity index (χ1) is 7.09. The van der Waals surface area contributed by atoms with Crippen LogP contribution in [0.3, 0.4) is 0 Å². The fraction of sp³-hybridized carbons (Fsp3) is 0.538. The van der Waals surface area contributed by atoms with E-state index >= 15 is 0 Å². The Balaban J connectivity index is 2.46. The molecular weight excluding hydrogens is 186 g/mol. The van der Waals surface area contributed by atoms with Crippen molar-refractivity contribution in [2.45, 2.75) is 39.2 Å². The average Bonchev–Trinajstić information content (AvgIpc) is 2.17. The molecule has 1 aliphatic rings. The van der Waals surface area contributed by atoms with Gasteiger partial charge in [0.2, 0.25) is 0 Å². The fourth-order valence-corrected chi connectivity index (χ4v) is 2.34. The SMILES string of the molecule is CC1CCN(C(C)C)c2cc(O)ccc21. The zero-order valence-corrected chi connectivity index (χ0v) is 9.70. The first-order valence-electron chi connectivity index (χ1n) is 5.69. The van der Waals surface area contributed by atoms with Crippen LogP contribution in [-0.4, -0.2) is 17.7 Å². The number of benzene rings is 1. The summed E-state index contributed by atoms with van der Waals surface area (Å²) in [5.41, 5.74) is 2.58. The van der Waals surface area contributed by atoms with Gasteiger partial charge in [-0.05, 0) is 37.8 Å². The van der Waals surface area contributed by atoms with Crippen LogP contribution in [0.2, 0.25) is 0 Å². The molecule has 0 saturated heterocycles. The molecule has 82 valence electrons. The van der Waals surface area contributed by atoms with Crippen LogP contribution >= 0.6 is 0 Å². The highest BCUT2D eigenvalue weighted by atomic mass is 16.3. The lowest BCUT2D eigenvalue weighted by Gasteiger charge is -2.37. The van der Waals surface area contributed by atoms with Crippen molar-refractivity contribution in [3.63, 3.8) is 0 Å². The van der Waals surface area contributed by atoms with Crippen molar-refractivity contribution in [3.05, 3.63) is 23.8 Å². The maximum atomic E-state index is 9.55. The van der Waals surface area contributed by atoms with E-state index in [1.165, 1.54) is 17.7 Å². The molecule has 1 N–H and O–H groups in total. The number of hydrogen-bond acceptors (Lipinski definition) is 2. The van der Waals surface area contributed by atoms with Crippen LogP contribution in [-0.2, 0) is 0 Å². The Bertz CT molecular complexity index is 360. The topological polar surface area (TPSA) is 23.5 Å². The Morgan fingerprint density at radius 1 is 1.40 bits per heavy atom. The molecule has 0 radical (unpaired) electrons. The van der Waals surface area contributed by atoms with Crippen LogP contribution in [0.15, 0.2) is 18.2 Å². The van der Waals surface area contributed by atoms with Gasteiger partial charge in [-0.15, -0.1) is 0 Å². The molecule has 0 spiro atoms. The number of anilines is 1. The summed E-state index contributed by atoms with van der Waals surface area (Å²) >= 11 is 0. The lowest BCUT2D eigenvalue weighted by molar-refractivity contribution is 0.473. The van der Waals surface area contributed by atoms with Gasteiger partial charge >= 0.3 is 0 Å². The van der Waals surface area contributed by atoms with Crippen LogP contribution in [0, 0.1) is 0 Å². The van der Waals surface area contributed by atoms with E-state index in [2.05, 4.69) is 31.7 Å². The first kappa shape index (κ1) is 10.3. The van der Waals surface area contributed by atoms with Crippen molar-refractivity contribution in [1.29, 1.82) is 0 Å². The summed E-state index contributed by atoms with van der Waals surface area (Å²) in [6, 6.07) is 6.24. The van der Waals surface area contributed by atoms with Gasteiger partial charge < -0.3 is 10.0 Å². The van der Waals surface area contributed by atoms with E-state index in [1.54, 1.807) is 6.07 Å². The molecule has 1 aliphatic heterocycles.